The van der Waals surface area contributed by atoms with Crippen LogP contribution in [0.1, 0.15) is 82.1 Å². The van der Waals surface area contributed by atoms with Crippen molar-refractivity contribution >= 4 is 28.1 Å². The molecule has 1 N–H and O–H groups in total. The molecule has 39 heavy (non-hydrogen) atoms. The SMILES string of the molecule is CC1=CCC(S(=O)(=O)O[C@H]2C[C@@](NC(=O)OC(C)(C)C)(C(=O)OC(C)(C)C)[C@@H]3[C@@H](C(=O)OC(C)(C)C)[C@@H]32)C=C1. The highest BCUT2D eigenvalue weighted by molar-refractivity contribution is 7.87. The van der Waals surface area contributed by atoms with Crippen LogP contribution in [0.25, 0.3) is 0 Å². The predicted molar refractivity (Wildman–Crippen MR) is 144 cm³/mol. The maximum atomic E-state index is 13.8. The topological polar surface area (TPSA) is 134 Å². The van der Waals surface area contributed by atoms with Gasteiger partial charge in [0.05, 0.1) is 12.0 Å². The van der Waals surface area contributed by atoms with Crippen molar-refractivity contribution in [2.45, 2.75) is 116 Å². The van der Waals surface area contributed by atoms with E-state index in [2.05, 4.69) is 5.32 Å². The molecule has 0 aromatic rings. The number of ether oxygens (including phenoxy) is 3. The van der Waals surface area contributed by atoms with Gasteiger partial charge in [0.15, 0.2) is 0 Å². The number of carbonyl (C=O) groups is 3. The van der Waals surface area contributed by atoms with Crippen molar-refractivity contribution < 1.29 is 41.2 Å². The molecule has 10 nitrogen and oxygen atoms in total. The fraction of sp³-hybridized carbons (Fsp3) is 0.750. The normalized spacial score (nSPS) is 30.6. The summed E-state index contributed by atoms with van der Waals surface area (Å²) in [7, 11) is -4.13. The monoisotopic (exact) mass is 569 g/mol. The highest BCUT2D eigenvalue weighted by Crippen LogP contribution is 2.64. The number of carbonyl (C=O) groups excluding carboxylic acids is 3. The van der Waals surface area contributed by atoms with Crippen molar-refractivity contribution in [3.8, 4) is 0 Å². The summed E-state index contributed by atoms with van der Waals surface area (Å²) < 4.78 is 49.1. The molecule has 2 fully saturated rings. The Bertz CT molecular complexity index is 1170. The average molecular weight is 570 g/mol. The molecule has 1 amide bonds. The van der Waals surface area contributed by atoms with E-state index in [1.165, 1.54) is 0 Å². The predicted octanol–water partition coefficient (Wildman–Crippen LogP) is 4.19. The second kappa shape index (κ2) is 10.2. The molecule has 0 bridgehead atoms. The van der Waals surface area contributed by atoms with E-state index in [1.54, 1.807) is 80.5 Å². The minimum atomic E-state index is -4.13. The summed E-state index contributed by atoms with van der Waals surface area (Å²) in [5.41, 5.74) is -3.43. The molecule has 6 atom stereocenters. The van der Waals surface area contributed by atoms with Crippen LogP contribution in [-0.4, -0.2) is 60.1 Å². The lowest BCUT2D eigenvalue weighted by Crippen LogP contribution is -2.59. The summed E-state index contributed by atoms with van der Waals surface area (Å²) in [5.74, 6) is -3.77. The number of nitrogens with one attached hydrogen (secondary N) is 1. The first-order valence-electron chi connectivity index (χ1n) is 13.3. The Balaban J connectivity index is 2.01. The van der Waals surface area contributed by atoms with E-state index in [1.807, 2.05) is 6.92 Å². The van der Waals surface area contributed by atoms with Crippen LogP contribution in [0.5, 0.6) is 0 Å². The highest BCUT2D eigenvalue weighted by Gasteiger charge is 2.78. The van der Waals surface area contributed by atoms with E-state index in [-0.39, 0.29) is 12.8 Å². The minimum Gasteiger partial charge on any atom is -0.460 e. The van der Waals surface area contributed by atoms with Crippen LogP contribution in [0.3, 0.4) is 0 Å². The third-order valence-corrected chi connectivity index (χ3v) is 8.24. The standard InChI is InChI=1S/C28H43NO9S/c1-16-11-13-17(14-12-16)39(33,34)38-18-15-28(23(31)36-26(5,6)7,29-24(32)37-27(8,9)10)21-19(18)20(21)22(30)35-25(2,3)4/h11-13,17-21H,14-15H2,1-10H3,(H,29,32)/t17?,18-,19-,20-,21-,28-/m0/s1. The number of esters is 2. The molecule has 3 aliphatic rings. The summed E-state index contributed by atoms with van der Waals surface area (Å²) in [6.45, 7) is 17.1. The van der Waals surface area contributed by atoms with E-state index in [0.29, 0.717) is 0 Å². The number of hydrogen-bond donors (Lipinski definition) is 1. The first-order chi connectivity index (χ1) is 17.5. The van der Waals surface area contributed by atoms with Gasteiger partial charge in [-0.2, -0.15) is 8.42 Å². The van der Waals surface area contributed by atoms with Crippen LogP contribution in [0.4, 0.5) is 4.79 Å². The molecule has 0 spiro atoms. The number of allylic oxidation sites excluding steroid dienone is 3. The Morgan fingerprint density at radius 1 is 0.923 bits per heavy atom. The third-order valence-electron chi connectivity index (χ3n) is 6.64. The number of hydrogen-bond acceptors (Lipinski definition) is 9. The summed E-state index contributed by atoms with van der Waals surface area (Å²) >= 11 is 0. The maximum absolute atomic E-state index is 13.8. The lowest BCUT2D eigenvalue weighted by molar-refractivity contribution is -0.166. The Kier molecular flexibility index (Phi) is 8.15. The summed E-state index contributed by atoms with van der Waals surface area (Å²) in [6.07, 6.45) is 3.16. The molecule has 11 heteroatoms. The van der Waals surface area contributed by atoms with Gasteiger partial charge in [0.1, 0.15) is 27.6 Å². The second-order valence-electron chi connectivity index (χ2n) is 13.7. The lowest BCUT2D eigenvalue weighted by atomic mass is 9.89. The number of amides is 1. The van der Waals surface area contributed by atoms with E-state index in [4.69, 9.17) is 18.4 Å². The van der Waals surface area contributed by atoms with E-state index in [9.17, 15) is 22.8 Å². The molecule has 220 valence electrons. The van der Waals surface area contributed by atoms with Gasteiger partial charge in [-0.3, -0.25) is 8.98 Å². The van der Waals surface area contributed by atoms with E-state index < -0.39 is 79.6 Å². The summed E-state index contributed by atoms with van der Waals surface area (Å²) in [6, 6.07) is 0. The number of alkyl carbamates (subject to hydrolysis) is 1. The Morgan fingerprint density at radius 2 is 1.49 bits per heavy atom. The zero-order valence-electron chi connectivity index (χ0n) is 24.6. The van der Waals surface area contributed by atoms with Crippen LogP contribution >= 0.6 is 0 Å². The molecule has 0 saturated heterocycles. The molecule has 0 radical (unpaired) electrons. The van der Waals surface area contributed by atoms with Crippen molar-refractivity contribution in [2.75, 3.05) is 0 Å². The largest absolute Gasteiger partial charge is 0.460 e. The summed E-state index contributed by atoms with van der Waals surface area (Å²) in [4.78, 5) is 40.0. The zero-order valence-corrected chi connectivity index (χ0v) is 25.4. The van der Waals surface area contributed by atoms with Gasteiger partial charge in [-0.15, -0.1) is 0 Å². The van der Waals surface area contributed by atoms with Gasteiger partial charge < -0.3 is 19.5 Å². The van der Waals surface area contributed by atoms with E-state index >= 15 is 0 Å². The lowest BCUT2D eigenvalue weighted by Gasteiger charge is -2.35. The van der Waals surface area contributed by atoms with Crippen molar-refractivity contribution in [3.63, 3.8) is 0 Å². The molecule has 0 aromatic heterocycles. The van der Waals surface area contributed by atoms with Gasteiger partial charge in [0.2, 0.25) is 0 Å². The van der Waals surface area contributed by atoms with Crippen LogP contribution in [0, 0.1) is 17.8 Å². The number of rotatable bonds is 6. The van der Waals surface area contributed by atoms with Gasteiger partial charge in [0, 0.05) is 18.3 Å². The van der Waals surface area contributed by atoms with Crippen molar-refractivity contribution in [3.05, 3.63) is 23.8 Å². The molecular weight excluding hydrogens is 526 g/mol. The second-order valence-corrected chi connectivity index (χ2v) is 15.5. The van der Waals surface area contributed by atoms with Gasteiger partial charge in [0.25, 0.3) is 10.1 Å². The van der Waals surface area contributed by atoms with Gasteiger partial charge >= 0.3 is 18.0 Å². The first kappa shape index (κ1) is 31.1. The highest BCUT2D eigenvalue weighted by atomic mass is 32.2. The molecule has 0 heterocycles. The Morgan fingerprint density at radius 3 is 1.97 bits per heavy atom. The quantitative estimate of drug-likeness (QED) is 0.284. The smallest absolute Gasteiger partial charge is 0.408 e. The molecule has 0 aromatic carbocycles. The fourth-order valence-corrected chi connectivity index (χ4v) is 6.51. The number of fused-ring (bicyclic) bond motifs is 1. The molecule has 3 aliphatic carbocycles. The average Bonchev–Trinajstić information content (AvgIpc) is 3.38. The minimum absolute atomic E-state index is 0.208. The van der Waals surface area contributed by atoms with Gasteiger partial charge in [-0.25, -0.2) is 9.59 Å². The van der Waals surface area contributed by atoms with Crippen LogP contribution in [-0.2, 0) is 38.1 Å². The Hall–Kier alpha value is -2.40. The van der Waals surface area contributed by atoms with Crippen LogP contribution in [0.2, 0.25) is 0 Å². The first-order valence-corrected chi connectivity index (χ1v) is 14.8. The molecular formula is C28H43NO9S. The van der Waals surface area contributed by atoms with Crippen LogP contribution < -0.4 is 5.32 Å². The third kappa shape index (κ3) is 7.42. The van der Waals surface area contributed by atoms with Crippen molar-refractivity contribution in [1.29, 1.82) is 0 Å². The zero-order chi connectivity index (χ0) is 29.8. The van der Waals surface area contributed by atoms with Gasteiger partial charge in [-0.1, -0.05) is 23.8 Å². The van der Waals surface area contributed by atoms with Crippen molar-refractivity contribution in [1.82, 2.24) is 5.32 Å². The molecule has 1 unspecified atom stereocenters. The molecule has 0 aliphatic heterocycles. The van der Waals surface area contributed by atoms with Crippen molar-refractivity contribution in [2.24, 2.45) is 17.8 Å². The fourth-order valence-electron chi connectivity index (χ4n) is 5.22. The van der Waals surface area contributed by atoms with Crippen LogP contribution in [0.15, 0.2) is 23.8 Å². The van der Waals surface area contributed by atoms with E-state index in [0.717, 1.165) is 5.57 Å². The molecule has 2 saturated carbocycles. The molecule has 3 rings (SSSR count). The Labute approximate surface area is 232 Å². The maximum Gasteiger partial charge on any atom is 0.408 e. The van der Waals surface area contributed by atoms with Gasteiger partial charge in [-0.05, 0) is 75.7 Å². The summed E-state index contributed by atoms with van der Waals surface area (Å²) in [5, 5.41) is 1.76.